The van der Waals surface area contributed by atoms with E-state index >= 15 is 0 Å². The molecule has 3 aliphatic carbocycles. The van der Waals surface area contributed by atoms with E-state index in [4.69, 9.17) is 19.9 Å². The lowest BCUT2D eigenvalue weighted by atomic mass is 9.37. The molecule has 2 aromatic rings. The minimum absolute atomic E-state index is 0.132. The molecule has 0 radical (unpaired) electrons. The van der Waals surface area contributed by atoms with Crippen LogP contribution in [0, 0.1) is 5.41 Å². The maximum absolute atomic E-state index is 13.2. The van der Waals surface area contributed by atoms with E-state index in [2.05, 4.69) is 19.8 Å². The molecule has 180 valence electrons. The van der Waals surface area contributed by atoms with Gasteiger partial charge in [0.1, 0.15) is 11.5 Å². The number of nitrogens with two attached hydrogens (primary N) is 1. The molecule has 3 saturated carbocycles. The van der Waals surface area contributed by atoms with Crippen LogP contribution in [0.4, 0.5) is 8.78 Å². The SMILES string of the molecule is COc1ccc(OCC(=O)NC23CC(C(Oc4ccc5c(c4)OC(F)(F)O5)C(N)=O)(C2)C3)cn1. The summed E-state index contributed by atoms with van der Waals surface area (Å²) in [5, 5.41) is 2.94. The van der Waals surface area contributed by atoms with Crippen molar-refractivity contribution in [3.8, 4) is 28.9 Å². The lowest BCUT2D eigenvalue weighted by Gasteiger charge is -2.71. The fourth-order valence-corrected chi connectivity index (χ4v) is 4.95. The number of carbonyl (C=O) groups excluding carboxylic acids is 2. The van der Waals surface area contributed by atoms with E-state index in [1.54, 1.807) is 12.1 Å². The first-order valence-corrected chi connectivity index (χ1v) is 10.4. The Morgan fingerprint density at radius 3 is 2.50 bits per heavy atom. The van der Waals surface area contributed by atoms with Gasteiger partial charge in [-0.3, -0.25) is 9.59 Å². The Morgan fingerprint density at radius 1 is 1.15 bits per heavy atom. The molecule has 0 spiro atoms. The van der Waals surface area contributed by atoms with Gasteiger partial charge in [0.2, 0.25) is 5.88 Å². The first-order chi connectivity index (χ1) is 16.1. The molecule has 2 heterocycles. The lowest BCUT2D eigenvalue weighted by molar-refractivity contribution is -0.286. The number of nitrogens with zero attached hydrogens (tertiary/aromatic N) is 1. The second-order valence-electron chi connectivity index (χ2n) is 8.72. The zero-order valence-electron chi connectivity index (χ0n) is 18.0. The number of fused-ring (bicyclic) bond motifs is 1. The van der Waals surface area contributed by atoms with Gasteiger partial charge in [-0.15, -0.1) is 8.78 Å². The number of ether oxygens (including phenoxy) is 5. The first kappa shape index (κ1) is 22.0. The molecule has 6 rings (SSSR count). The van der Waals surface area contributed by atoms with Gasteiger partial charge >= 0.3 is 6.29 Å². The molecule has 10 nitrogen and oxygen atoms in total. The van der Waals surface area contributed by atoms with E-state index in [0.717, 1.165) is 0 Å². The molecular formula is C22H21F2N3O7. The number of pyridine rings is 1. The summed E-state index contributed by atoms with van der Waals surface area (Å²) >= 11 is 0. The molecule has 34 heavy (non-hydrogen) atoms. The number of nitrogens with one attached hydrogen (secondary N) is 1. The Morgan fingerprint density at radius 2 is 1.85 bits per heavy atom. The van der Waals surface area contributed by atoms with Gasteiger partial charge in [-0.05, 0) is 37.5 Å². The number of carbonyl (C=O) groups is 2. The number of aromatic nitrogens is 1. The summed E-state index contributed by atoms with van der Waals surface area (Å²) in [6, 6.07) is 7.15. The molecule has 12 heteroatoms. The van der Waals surface area contributed by atoms with Gasteiger partial charge in [0, 0.05) is 23.1 Å². The summed E-state index contributed by atoms with van der Waals surface area (Å²) in [5.74, 6) is -0.315. The molecule has 4 aliphatic rings. The topological polar surface area (TPSA) is 131 Å². The maximum atomic E-state index is 13.2. The molecule has 2 bridgehead atoms. The average Bonchev–Trinajstić information content (AvgIpc) is 3.05. The fraction of sp³-hybridized carbons (Fsp3) is 0.409. The number of amides is 2. The van der Waals surface area contributed by atoms with Crippen molar-refractivity contribution in [3.63, 3.8) is 0 Å². The molecule has 1 aliphatic heterocycles. The van der Waals surface area contributed by atoms with Crippen LogP contribution in [0.5, 0.6) is 28.9 Å². The van der Waals surface area contributed by atoms with E-state index < -0.39 is 29.3 Å². The normalized spacial score (nSPS) is 25.9. The molecule has 0 saturated heterocycles. The van der Waals surface area contributed by atoms with Crippen LogP contribution in [-0.2, 0) is 9.59 Å². The molecule has 1 atom stereocenters. The van der Waals surface area contributed by atoms with Crippen molar-refractivity contribution < 1.29 is 42.1 Å². The van der Waals surface area contributed by atoms with Crippen molar-refractivity contribution in [2.45, 2.75) is 37.2 Å². The Labute approximate surface area is 192 Å². The number of hydrogen-bond donors (Lipinski definition) is 2. The number of hydrogen-bond acceptors (Lipinski definition) is 8. The predicted molar refractivity (Wildman–Crippen MR) is 110 cm³/mol. The Bertz CT molecular complexity index is 1120. The van der Waals surface area contributed by atoms with Gasteiger partial charge in [0.25, 0.3) is 11.8 Å². The smallest absolute Gasteiger partial charge is 0.482 e. The van der Waals surface area contributed by atoms with Crippen LogP contribution >= 0.6 is 0 Å². The van der Waals surface area contributed by atoms with Crippen LogP contribution in [0.25, 0.3) is 0 Å². The van der Waals surface area contributed by atoms with E-state index in [0.29, 0.717) is 30.9 Å². The van der Waals surface area contributed by atoms with E-state index in [1.165, 1.54) is 31.5 Å². The lowest BCUT2D eigenvalue weighted by Crippen LogP contribution is -2.80. The Kier molecular flexibility index (Phi) is 4.92. The zero-order valence-corrected chi connectivity index (χ0v) is 18.0. The monoisotopic (exact) mass is 477 g/mol. The standard InChI is InChI=1S/C22H21F2N3O7/c1-30-17-5-3-13(7-26-17)31-8-16(28)27-21-9-20(10-21,11-21)18(19(25)29)32-12-2-4-14-15(6-12)34-22(23,24)33-14/h2-7,18H,8-11H2,1H3,(H2,25,29)(H,27,28). The molecule has 1 unspecified atom stereocenters. The summed E-state index contributed by atoms with van der Waals surface area (Å²) < 4.78 is 51.4. The van der Waals surface area contributed by atoms with Crippen molar-refractivity contribution in [2.75, 3.05) is 13.7 Å². The van der Waals surface area contributed by atoms with Crippen LogP contribution in [-0.4, -0.2) is 48.5 Å². The van der Waals surface area contributed by atoms with Gasteiger partial charge in [-0.25, -0.2) is 4.98 Å². The molecule has 1 aromatic heterocycles. The van der Waals surface area contributed by atoms with Crippen molar-refractivity contribution in [1.29, 1.82) is 0 Å². The van der Waals surface area contributed by atoms with Crippen LogP contribution < -0.4 is 34.7 Å². The molecule has 3 fully saturated rings. The summed E-state index contributed by atoms with van der Waals surface area (Å²) in [4.78, 5) is 28.5. The van der Waals surface area contributed by atoms with E-state index in [1.807, 2.05) is 0 Å². The summed E-state index contributed by atoms with van der Waals surface area (Å²) in [6.45, 7) is -0.194. The average molecular weight is 477 g/mol. The third-order valence-electron chi connectivity index (χ3n) is 6.21. The second-order valence-corrected chi connectivity index (χ2v) is 8.72. The third-order valence-corrected chi connectivity index (χ3v) is 6.21. The number of benzene rings is 1. The molecule has 2 amide bonds. The highest BCUT2D eigenvalue weighted by atomic mass is 19.3. The largest absolute Gasteiger partial charge is 0.586 e. The van der Waals surface area contributed by atoms with Crippen LogP contribution in [0.3, 0.4) is 0 Å². The van der Waals surface area contributed by atoms with Crippen molar-refractivity contribution in [2.24, 2.45) is 11.1 Å². The number of rotatable bonds is 9. The van der Waals surface area contributed by atoms with Gasteiger partial charge in [0.15, 0.2) is 24.2 Å². The quantitative estimate of drug-likeness (QED) is 0.559. The van der Waals surface area contributed by atoms with Crippen LogP contribution in [0.15, 0.2) is 36.5 Å². The van der Waals surface area contributed by atoms with Gasteiger partial charge in [-0.1, -0.05) is 0 Å². The molecular weight excluding hydrogens is 456 g/mol. The van der Waals surface area contributed by atoms with Crippen molar-refractivity contribution in [3.05, 3.63) is 36.5 Å². The van der Waals surface area contributed by atoms with Gasteiger partial charge < -0.3 is 34.7 Å². The second kappa shape index (κ2) is 7.61. The highest BCUT2D eigenvalue weighted by molar-refractivity contribution is 5.83. The van der Waals surface area contributed by atoms with Crippen LogP contribution in [0.1, 0.15) is 19.3 Å². The maximum Gasteiger partial charge on any atom is 0.586 e. The van der Waals surface area contributed by atoms with Gasteiger partial charge in [-0.2, -0.15) is 0 Å². The highest BCUT2D eigenvalue weighted by Gasteiger charge is 2.73. The summed E-state index contributed by atoms with van der Waals surface area (Å²) in [7, 11) is 1.50. The van der Waals surface area contributed by atoms with Crippen molar-refractivity contribution >= 4 is 11.8 Å². The number of primary amides is 1. The number of alkyl halides is 2. The summed E-state index contributed by atoms with van der Waals surface area (Å²) in [6.07, 6.45) is -1.82. The summed E-state index contributed by atoms with van der Waals surface area (Å²) in [5.41, 5.74) is 4.58. The molecule has 1 aromatic carbocycles. The predicted octanol–water partition coefficient (Wildman–Crippen LogP) is 1.76. The Balaban J connectivity index is 1.15. The Hall–Kier alpha value is -3.83. The minimum atomic E-state index is -3.75. The fourth-order valence-electron chi connectivity index (χ4n) is 4.95. The number of methoxy groups -OCH3 is 1. The van der Waals surface area contributed by atoms with Gasteiger partial charge in [0.05, 0.1) is 13.3 Å². The number of halogens is 2. The molecule has 3 N–H and O–H groups in total. The highest BCUT2D eigenvalue weighted by Crippen LogP contribution is 2.69. The van der Waals surface area contributed by atoms with E-state index in [-0.39, 0.29) is 29.8 Å². The minimum Gasteiger partial charge on any atom is -0.482 e. The first-order valence-electron chi connectivity index (χ1n) is 10.4. The zero-order chi connectivity index (χ0) is 24.1. The van der Waals surface area contributed by atoms with E-state index in [9.17, 15) is 18.4 Å². The van der Waals surface area contributed by atoms with Crippen LogP contribution in [0.2, 0.25) is 0 Å². The van der Waals surface area contributed by atoms with Crippen molar-refractivity contribution in [1.82, 2.24) is 10.3 Å². The third kappa shape index (κ3) is 3.88.